The smallest absolute Gasteiger partial charge is 0.166 e. The quantitative estimate of drug-likeness (QED) is 0.668. The second-order valence-electron chi connectivity index (χ2n) is 7.04. The van der Waals surface area contributed by atoms with Crippen molar-refractivity contribution in [2.24, 2.45) is 5.92 Å². The lowest BCUT2D eigenvalue weighted by Gasteiger charge is -2.26. The number of nitrogens with zero attached hydrogens (tertiary/aromatic N) is 4. The van der Waals surface area contributed by atoms with Gasteiger partial charge in [-0.05, 0) is 50.8 Å². The molecule has 3 aromatic rings. The molecule has 0 atom stereocenters. The van der Waals surface area contributed by atoms with Crippen LogP contribution in [-0.4, -0.2) is 39.2 Å². The summed E-state index contributed by atoms with van der Waals surface area (Å²) in [5.74, 6) is 0.393. The van der Waals surface area contributed by atoms with Gasteiger partial charge in [-0.3, -0.25) is 9.78 Å². The molecule has 140 valence electrons. The number of aromatic nitrogens is 4. The van der Waals surface area contributed by atoms with E-state index >= 15 is 0 Å². The number of hydrogen-bond acceptors (Lipinski definition) is 7. The average Bonchev–Trinajstić information content (AvgIpc) is 3.14. The summed E-state index contributed by atoms with van der Waals surface area (Å²) in [6, 6.07) is 5.84. The van der Waals surface area contributed by atoms with E-state index in [1.165, 1.54) is 11.3 Å². The van der Waals surface area contributed by atoms with Crippen LogP contribution >= 0.6 is 11.3 Å². The Morgan fingerprint density at radius 3 is 2.74 bits per heavy atom. The van der Waals surface area contributed by atoms with Crippen LogP contribution in [0.4, 0.5) is 0 Å². The van der Waals surface area contributed by atoms with Crippen molar-refractivity contribution in [2.45, 2.75) is 45.1 Å². The molecule has 4 rings (SSSR count). The minimum Gasteiger partial charge on any atom is -0.381 e. The molecule has 3 heterocycles. The molecule has 7 heteroatoms. The monoisotopic (exact) mass is 382 g/mol. The summed E-state index contributed by atoms with van der Waals surface area (Å²) in [4.78, 5) is 21.8. The van der Waals surface area contributed by atoms with Crippen LogP contribution < -0.4 is 0 Å². The van der Waals surface area contributed by atoms with E-state index in [2.05, 4.69) is 15.2 Å². The zero-order valence-corrected chi connectivity index (χ0v) is 16.3. The van der Waals surface area contributed by atoms with Gasteiger partial charge in [-0.25, -0.2) is 4.98 Å². The maximum Gasteiger partial charge on any atom is 0.166 e. The number of fused-ring (bicyclic) bond motifs is 1. The summed E-state index contributed by atoms with van der Waals surface area (Å²) in [6.07, 6.45) is 6.20. The van der Waals surface area contributed by atoms with Gasteiger partial charge in [-0.15, -0.1) is 10.2 Å². The summed E-state index contributed by atoms with van der Waals surface area (Å²) >= 11 is 1.52. The highest BCUT2D eigenvalue weighted by Crippen LogP contribution is 2.28. The number of hydrogen-bond donors (Lipinski definition) is 0. The summed E-state index contributed by atoms with van der Waals surface area (Å²) in [5, 5.41) is 10.9. The van der Waals surface area contributed by atoms with E-state index in [9.17, 15) is 4.79 Å². The highest BCUT2D eigenvalue weighted by atomic mass is 32.1. The zero-order valence-electron chi connectivity index (χ0n) is 15.5. The lowest BCUT2D eigenvalue weighted by molar-refractivity contribution is -0.124. The first-order valence-electron chi connectivity index (χ1n) is 9.24. The minimum atomic E-state index is 0.123. The SMILES string of the molecule is COC1CCC(C(=O)Cc2cc3nc(-c4nnc(C)s4)ccc3cn2)CC1. The molecule has 27 heavy (non-hydrogen) atoms. The Morgan fingerprint density at radius 2 is 2.04 bits per heavy atom. The fraction of sp³-hybridized carbons (Fsp3) is 0.450. The van der Waals surface area contributed by atoms with E-state index in [0.717, 1.165) is 58.0 Å². The maximum atomic E-state index is 12.7. The fourth-order valence-electron chi connectivity index (χ4n) is 3.62. The topological polar surface area (TPSA) is 77.9 Å². The van der Waals surface area contributed by atoms with E-state index in [-0.39, 0.29) is 11.7 Å². The number of carbonyl (C=O) groups is 1. The van der Waals surface area contributed by atoms with Gasteiger partial charge in [0.25, 0.3) is 0 Å². The number of carbonyl (C=O) groups excluding carboxylic acids is 1. The lowest BCUT2D eigenvalue weighted by atomic mass is 9.83. The van der Waals surface area contributed by atoms with Crippen molar-refractivity contribution in [3.05, 3.63) is 35.1 Å². The third-order valence-electron chi connectivity index (χ3n) is 5.19. The van der Waals surface area contributed by atoms with Crippen molar-refractivity contribution in [3.63, 3.8) is 0 Å². The molecular formula is C20H22N4O2S. The van der Waals surface area contributed by atoms with Crippen LogP contribution in [0.5, 0.6) is 0 Å². The van der Waals surface area contributed by atoms with E-state index in [0.29, 0.717) is 12.5 Å². The highest BCUT2D eigenvalue weighted by Gasteiger charge is 2.26. The van der Waals surface area contributed by atoms with Gasteiger partial charge in [0.15, 0.2) is 5.01 Å². The Balaban J connectivity index is 1.51. The molecule has 0 spiro atoms. The predicted octanol–water partition coefficient (Wildman–Crippen LogP) is 3.77. The van der Waals surface area contributed by atoms with Crippen molar-refractivity contribution >= 4 is 28.0 Å². The van der Waals surface area contributed by atoms with Crippen molar-refractivity contribution in [3.8, 4) is 10.7 Å². The third-order valence-corrected chi connectivity index (χ3v) is 6.05. The first-order chi connectivity index (χ1) is 13.1. The van der Waals surface area contributed by atoms with Gasteiger partial charge in [-0.2, -0.15) is 0 Å². The van der Waals surface area contributed by atoms with Gasteiger partial charge < -0.3 is 4.74 Å². The molecule has 3 aromatic heterocycles. The molecule has 1 saturated carbocycles. The molecule has 1 aliphatic carbocycles. The maximum absolute atomic E-state index is 12.7. The fourth-order valence-corrected chi connectivity index (χ4v) is 4.28. The molecule has 0 radical (unpaired) electrons. The first-order valence-corrected chi connectivity index (χ1v) is 10.1. The molecule has 0 N–H and O–H groups in total. The summed E-state index contributed by atoms with van der Waals surface area (Å²) < 4.78 is 5.39. The van der Waals surface area contributed by atoms with Crippen LogP contribution in [0, 0.1) is 12.8 Å². The Kier molecular flexibility index (Phi) is 5.22. The molecule has 1 aliphatic rings. The number of ether oxygens (including phenoxy) is 1. The van der Waals surface area contributed by atoms with Crippen molar-refractivity contribution in [1.82, 2.24) is 20.2 Å². The van der Waals surface area contributed by atoms with Crippen molar-refractivity contribution in [2.75, 3.05) is 7.11 Å². The molecule has 0 aromatic carbocycles. The molecule has 1 fully saturated rings. The van der Waals surface area contributed by atoms with Gasteiger partial charge in [-0.1, -0.05) is 11.3 Å². The van der Waals surface area contributed by atoms with Gasteiger partial charge >= 0.3 is 0 Å². The largest absolute Gasteiger partial charge is 0.381 e. The highest BCUT2D eigenvalue weighted by molar-refractivity contribution is 7.14. The van der Waals surface area contributed by atoms with Gasteiger partial charge in [0.2, 0.25) is 0 Å². The number of pyridine rings is 2. The Hall–Kier alpha value is -2.25. The molecule has 0 aliphatic heterocycles. The van der Waals surface area contributed by atoms with Gasteiger partial charge in [0.05, 0.1) is 11.6 Å². The molecule has 0 bridgehead atoms. The molecule has 0 amide bonds. The summed E-state index contributed by atoms with van der Waals surface area (Å²) in [6.45, 7) is 1.93. The van der Waals surface area contributed by atoms with Crippen LogP contribution in [0.25, 0.3) is 21.6 Å². The zero-order chi connectivity index (χ0) is 18.8. The number of methoxy groups -OCH3 is 1. The minimum absolute atomic E-state index is 0.123. The summed E-state index contributed by atoms with van der Waals surface area (Å²) in [5.41, 5.74) is 2.41. The van der Waals surface area contributed by atoms with Crippen LogP contribution in [0.15, 0.2) is 24.4 Å². The van der Waals surface area contributed by atoms with Crippen LogP contribution in [0.2, 0.25) is 0 Å². The number of aryl methyl sites for hydroxylation is 1. The second kappa shape index (κ2) is 7.78. The lowest BCUT2D eigenvalue weighted by Crippen LogP contribution is -2.26. The Labute approximate surface area is 162 Å². The first kappa shape index (κ1) is 18.1. The molecule has 0 saturated heterocycles. The average molecular weight is 382 g/mol. The van der Waals surface area contributed by atoms with Crippen molar-refractivity contribution < 1.29 is 9.53 Å². The van der Waals surface area contributed by atoms with E-state index < -0.39 is 0 Å². The Morgan fingerprint density at radius 1 is 1.22 bits per heavy atom. The molecule has 6 nitrogen and oxygen atoms in total. The summed E-state index contributed by atoms with van der Waals surface area (Å²) in [7, 11) is 1.75. The van der Waals surface area contributed by atoms with Crippen LogP contribution in [0.1, 0.15) is 36.4 Å². The number of rotatable bonds is 5. The van der Waals surface area contributed by atoms with Gasteiger partial charge in [0.1, 0.15) is 16.5 Å². The van der Waals surface area contributed by atoms with Crippen LogP contribution in [-0.2, 0) is 16.0 Å². The standard InChI is InChI=1S/C20H22N4O2S/c1-12-23-24-20(27-12)17-8-5-14-11-21-15(9-18(14)22-17)10-19(25)13-3-6-16(26-2)7-4-13/h5,8-9,11,13,16H,3-4,6-7,10H2,1-2H3. The van der Waals surface area contributed by atoms with Crippen molar-refractivity contribution in [1.29, 1.82) is 0 Å². The predicted molar refractivity (Wildman–Crippen MR) is 105 cm³/mol. The second-order valence-corrected chi connectivity index (χ2v) is 8.23. The van der Waals surface area contributed by atoms with Gasteiger partial charge in [0, 0.05) is 36.7 Å². The third kappa shape index (κ3) is 4.04. The molecular weight excluding hydrogens is 360 g/mol. The number of ketones is 1. The molecule has 0 unspecified atom stereocenters. The number of Topliss-reactive ketones (excluding diaryl/α,β-unsaturated/α-hetero) is 1. The van der Waals surface area contributed by atoms with Crippen LogP contribution in [0.3, 0.4) is 0 Å². The van der Waals surface area contributed by atoms with E-state index in [1.54, 1.807) is 13.3 Å². The normalized spacial score (nSPS) is 20.1. The van der Waals surface area contributed by atoms with E-state index in [4.69, 9.17) is 9.72 Å². The Bertz CT molecular complexity index is 964. The van der Waals surface area contributed by atoms with E-state index in [1.807, 2.05) is 25.1 Å².